The molecule has 1 aliphatic heterocycles. The topological polar surface area (TPSA) is 117 Å². The molecule has 2 aromatic heterocycles. The highest BCUT2D eigenvalue weighted by Gasteiger charge is 2.27. The summed E-state index contributed by atoms with van der Waals surface area (Å²) >= 11 is 0. The minimum absolute atomic E-state index is 0.0141. The number of rotatable bonds is 2. The summed E-state index contributed by atoms with van der Waals surface area (Å²) in [5.41, 5.74) is 0.124. The molecule has 3 rings (SSSR count). The largest absolute Gasteiger partial charge is 0.478 e. The van der Waals surface area contributed by atoms with Crippen LogP contribution in [-0.2, 0) is 4.79 Å². The van der Waals surface area contributed by atoms with Crippen LogP contribution in [0.4, 0.5) is 10.6 Å². The lowest BCUT2D eigenvalue weighted by atomic mass is 10.2. The maximum absolute atomic E-state index is 11.8. The fourth-order valence-corrected chi connectivity index (χ4v) is 2.07. The first-order chi connectivity index (χ1) is 9.58. The predicted molar refractivity (Wildman–Crippen MR) is 65.4 cm³/mol. The van der Waals surface area contributed by atoms with Crippen molar-refractivity contribution in [3.05, 3.63) is 24.0 Å². The van der Waals surface area contributed by atoms with Gasteiger partial charge in [-0.3, -0.25) is 19.4 Å². The first kappa shape index (κ1) is 12.1. The van der Waals surface area contributed by atoms with E-state index in [0.29, 0.717) is 5.82 Å². The molecule has 0 aromatic carbocycles. The minimum Gasteiger partial charge on any atom is -0.478 e. The van der Waals surface area contributed by atoms with E-state index in [-0.39, 0.29) is 30.1 Å². The van der Waals surface area contributed by atoms with Crippen LogP contribution in [0.25, 0.3) is 5.65 Å². The maximum atomic E-state index is 11.8. The third-order valence-electron chi connectivity index (χ3n) is 3.00. The van der Waals surface area contributed by atoms with Gasteiger partial charge in [-0.2, -0.15) is 0 Å². The number of fused-ring (bicyclic) bond motifs is 1. The molecule has 3 amide bonds. The van der Waals surface area contributed by atoms with Crippen LogP contribution in [0.5, 0.6) is 0 Å². The molecule has 0 bridgehead atoms. The van der Waals surface area contributed by atoms with E-state index in [1.807, 2.05) is 0 Å². The van der Waals surface area contributed by atoms with Gasteiger partial charge in [-0.25, -0.2) is 9.59 Å². The zero-order chi connectivity index (χ0) is 14.3. The van der Waals surface area contributed by atoms with Gasteiger partial charge in [0.2, 0.25) is 5.91 Å². The molecular weight excluding hydrogens is 266 g/mol. The second-order valence-corrected chi connectivity index (χ2v) is 4.19. The van der Waals surface area contributed by atoms with Gasteiger partial charge >= 0.3 is 12.0 Å². The Labute approximate surface area is 111 Å². The van der Waals surface area contributed by atoms with E-state index in [9.17, 15) is 14.4 Å². The number of amides is 3. The number of anilines is 1. The second-order valence-electron chi connectivity index (χ2n) is 4.19. The molecule has 2 N–H and O–H groups in total. The van der Waals surface area contributed by atoms with Gasteiger partial charge in [-0.05, 0) is 12.1 Å². The summed E-state index contributed by atoms with van der Waals surface area (Å²) in [6, 6.07) is 2.28. The van der Waals surface area contributed by atoms with Gasteiger partial charge in [0, 0.05) is 13.0 Å². The molecule has 3 heterocycles. The van der Waals surface area contributed by atoms with Crippen LogP contribution in [0, 0.1) is 0 Å². The highest BCUT2D eigenvalue weighted by Crippen LogP contribution is 2.21. The Kier molecular flexibility index (Phi) is 2.60. The fourth-order valence-electron chi connectivity index (χ4n) is 2.07. The van der Waals surface area contributed by atoms with Crippen molar-refractivity contribution in [3.8, 4) is 0 Å². The number of hydrogen-bond donors (Lipinski definition) is 2. The Morgan fingerprint density at radius 3 is 2.85 bits per heavy atom. The first-order valence-corrected chi connectivity index (χ1v) is 5.75. The third kappa shape index (κ3) is 1.76. The number of carboxylic acids is 1. The number of urea groups is 1. The van der Waals surface area contributed by atoms with Crippen molar-refractivity contribution in [2.75, 3.05) is 11.4 Å². The van der Waals surface area contributed by atoms with Crippen molar-refractivity contribution in [2.45, 2.75) is 6.42 Å². The Morgan fingerprint density at radius 2 is 2.15 bits per heavy atom. The average molecular weight is 275 g/mol. The van der Waals surface area contributed by atoms with E-state index >= 15 is 0 Å². The standard InChI is InChI=1S/C11H9N5O4/c17-7-3-4-15(11(20)13-7)8-2-1-6(10(18)19)9-14-12-5-16(8)9/h1-2,5H,3-4H2,(H,18,19)(H,13,17,20). The van der Waals surface area contributed by atoms with Crippen LogP contribution in [0.3, 0.4) is 0 Å². The van der Waals surface area contributed by atoms with E-state index in [2.05, 4.69) is 15.5 Å². The van der Waals surface area contributed by atoms with E-state index in [1.54, 1.807) is 0 Å². The third-order valence-corrected chi connectivity index (χ3v) is 3.00. The number of pyridine rings is 1. The van der Waals surface area contributed by atoms with Gasteiger partial charge < -0.3 is 5.11 Å². The molecule has 1 fully saturated rings. The lowest BCUT2D eigenvalue weighted by molar-refractivity contribution is -0.120. The van der Waals surface area contributed by atoms with Gasteiger partial charge in [0.05, 0.1) is 0 Å². The Balaban J connectivity index is 2.11. The number of carboxylic acid groups (broad SMARTS) is 1. The number of carbonyl (C=O) groups excluding carboxylic acids is 2. The number of nitrogens with one attached hydrogen (secondary N) is 1. The normalized spacial score (nSPS) is 15.5. The molecule has 2 aromatic rings. The highest BCUT2D eigenvalue weighted by atomic mass is 16.4. The Morgan fingerprint density at radius 1 is 1.35 bits per heavy atom. The van der Waals surface area contributed by atoms with Crippen LogP contribution in [0.15, 0.2) is 18.5 Å². The monoisotopic (exact) mass is 275 g/mol. The number of aromatic nitrogens is 3. The molecule has 1 aliphatic rings. The summed E-state index contributed by atoms with van der Waals surface area (Å²) in [4.78, 5) is 35.4. The van der Waals surface area contributed by atoms with Crippen LogP contribution >= 0.6 is 0 Å². The van der Waals surface area contributed by atoms with Crippen molar-refractivity contribution < 1.29 is 19.5 Å². The lowest BCUT2D eigenvalue weighted by Gasteiger charge is -2.26. The van der Waals surface area contributed by atoms with Crippen LogP contribution in [-0.4, -0.2) is 44.2 Å². The van der Waals surface area contributed by atoms with Crippen molar-refractivity contribution in [2.24, 2.45) is 0 Å². The van der Waals surface area contributed by atoms with Gasteiger partial charge in [0.25, 0.3) is 0 Å². The van der Waals surface area contributed by atoms with Crippen molar-refractivity contribution in [3.63, 3.8) is 0 Å². The Hall–Kier alpha value is -2.97. The Bertz CT molecular complexity index is 737. The molecule has 1 saturated heterocycles. The summed E-state index contributed by atoms with van der Waals surface area (Å²) in [6.45, 7) is 0.213. The quantitative estimate of drug-likeness (QED) is 0.788. The number of carbonyl (C=O) groups is 3. The average Bonchev–Trinajstić information content (AvgIpc) is 2.87. The summed E-state index contributed by atoms with van der Waals surface area (Å²) in [7, 11) is 0. The zero-order valence-electron chi connectivity index (χ0n) is 10.1. The summed E-state index contributed by atoms with van der Waals surface area (Å²) in [5, 5.41) is 18.7. The maximum Gasteiger partial charge on any atom is 0.339 e. The van der Waals surface area contributed by atoms with Gasteiger partial charge in [-0.15, -0.1) is 10.2 Å². The number of hydrogen-bond acceptors (Lipinski definition) is 5. The molecule has 9 nitrogen and oxygen atoms in total. The van der Waals surface area contributed by atoms with Crippen molar-refractivity contribution >= 4 is 29.4 Å². The molecule has 20 heavy (non-hydrogen) atoms. The fraction of sp³-hybridized carbons (Fsp3) is 0.182. The van der Waals surface area contributed by atoms with Gasteiger partial charge in [0.1, 0.15) is 17.7 Å². The smallest absolute Gasteiger partial charge is 0.339 e. The number of aromatic carboxylic acids is 1. The molecular formula is C11H9N5O4. The number of nitrogens with zero attached hydrogens (tertiary/aromatic N) is 4. The van der Waals surface area contributed by atoms with Crippen LogP contribution < -0.4 is 10.2 Å². The van der Waals surface area contributed by atoms with Crippen LogP contribution in [0.1, 0.15) is 16.8 Å². The van der Waals surface area contributed by atoms with E-state index in [1.165, 1.54) is 27.8 Å². The summed E-state index contributed by atoms with van der Waals surface area (Å²) < 4.78 is 1.40. The summed E-state index contributed by atoms with van der Waals surface area (Å²) in [6.07, 6.45) is 1.50. The highest BCUT2D eigenvalue weighted by molar-refractivity contribution is 6.05. The molecule has 102 valence electrons. The minimum atomic E-state index is -1.13. The van der Waals surface area contributed by atoms with Gasteiger partial charge in [0.15, 0.2) is 5.65 Å². The van der Waals surface area contributed by atoms with Crippen LogP contribution in [0.2, 0.25) is 0 Å². The lowest BCUT2D eigenvalue weighted by Crippen LogP contribution is -2.50. The predicted octanol–water partition coefficient (Wildman–Crippen LogP) is -0.126. The van der Waals surface area contributed by atoms with Crippen molar-refractivity contribution in [1.82, 2.24) is 19.9 Å². The molecule has 0 saturated carbocycles. The van der Waals surface area contributed by atoms with E-state index < -0.39 is 12.0 Å². The van der Waals surface area contributed by atoms with E-state index in [4.69, 9.17) is 5.11 Å². The van der Waals surface area contributed by atoms with Gasteiger partial charge in [-0.1, -0.05) is 0 Å². The molecule has 0 radical (unpaired) electrons. The molecule has 0 atom stereocenters. The second kappa shape index (κ2) is 4.30. The van der Waals surface area contributed by atoms with E-state index in [0.717, 1.165) is 0 Å². The first-order valence-electron chi connectivity index (χ1n) is 5.75. The molecule has 0 spiro atoms. The number of imide groups is 1. The molecule has 0 unspecified atom stereocenters. The SMILES string of the molecule is O=C1CCN(c2ccc(C(=O)O)c3nncn23)C(=O)N1. The summed E-state index contributed by atoms with van der Waals surface area (Å²) in [5.74, 6) is -1.07. The molecule has 9 heteroatoms. The molecule has 0 aliphatic carbocycles. The van der Waals surface area contributed by atoms with Crippen molar-refractivity contribution in [1.29, 1.82) is 0 Å². The zero-order valence-corrected chi connectivity index (χ0v) is 10.1.